The number of hydrogen-bond donors (Lipinski definition) is 3. The number of pyridine rings is 1. The Kier molecular flexibility index (Phi) is 7.75. The van der Waals surface area contributed by atoms with E-state index in [2.05, 4.69) is 40.3 Å². The first-order valence-electron chi connectivity index (χ1n) is 9.35. The minimum atomic E-state index is -3.22. The summed E-state index contributed by atoms with van der Waals surface area (Å²) >= 11 is 0. The molecule has 152 valence electrons. The van der Waals surface area contributed by atoms with Gasteiger partial charge in [0, 0.05) is 36.6 Å². The highest BCUT2D eigenvalue weighted by atomic mass is 19.3. The third-order valence-electron chi connectivity index (χ3n) is 3.94. The Labute approximate surface area is 164 Å². The number of alkyl halides is 2. The van der Waals surface area contributed by atoms with Crippen LogP contribution in [0.25, 0.3) is 5.57 Å². The van der Waals surface area contributed by atoms with E-state index >= 15 is 0 Å². The molecule has 1 heterocycles. The monoisotopic (exact) mass is 391 g/mol. The molecule has 1 aromatic carbocycles. The molecule has 28 heavy (non-hydrogen) atoms. The highest BCUT2D eigenvalue weighted by Crippen LogP contribution is 2.34. The number of aliphatic hydroxyl groups excluding tert-OH is 1. The SMILES string of the molecule is CC/C=C(\CC)c1c(NCCO)ccnc1Nc1ccc(OC(C)(F)F)cc1. The lowest BCUT2D eigenvalue weighted by Gasteiger charge is -2.18. The van der Waals surface area contributed by atoms with Crippen LogP contribution in [0.4, 0.5) is 26.0 Å². The van der Waals surface area contributed by atoms with E-state index in [1.807, 2.05) is 6.07 Å². The maximum atomic E-state index is 13.0. The number of aliphatic hydroxyl groups is 1. The molecule has 7 heteroatoms. The summed E-state index contributed by atoms with van der Waals surface area (Å²) in [5, 5.41) is 15.6. The molecule has 5 nitrogen and oxygen atoms in total. The lowest BCUT2D eigenvalue weighted by atomic mass is 10.0. The fourth-order valence-electron chi connectivity index (χ4n) is 2.84. The number of benzene rings is 1. The summed E-state index contributed by atoms with van der Waals surface area (Å²) < 4.78 is 30.5. The predicted octanol–water partition coefficient (Wildman–Crippen LogP) is 5.42. The van der Waals surface area contributed by atoms with Crippen molar-refractivity contribution >= 4 is 22.8 Å². The van der Waals surface area contributed by atoms with E-state index in [1.165, 1.54) is 12.1 Å². The molecular formula is C21H27F2N3O2. The maximum absolute atomic E-state index is 13.0. The number of nitrogens with one attached hydrogen (secondary N) is 2. The summed E-state index contributed by atoms with van der Waals surface area (Å²) in [5.74, 6) is 0.740. The standard InChI is InChI=1S/C21H27F2N3O2/c1-4-6-15(5-2)19-18(24-13-14-27)11-12-25-20(19)26-16-7-9-17(10-8-16)28-21(3,22)23/h6-12,27H,4-5,13-14H2,1-3H3,(H2,24,25,26)/b15-6+. The van der Waals surface area contributed by atoms with Crippen LogP contribution in [0.15, 0.2) is 42.6 Å². The van der Waals surface area contributed by atoms with Crippen LogP contribution in [0.5, 0.6) is 5.75 Å². The van der Waals surface area contributed by atoms with Crippen molar-refractivity contribution in [2.24, 2.45) is 0 Å². The van der Waals surface area contributed by atoms with Crippen LogP contribution in [0, 0.1) is 0 Å². The van der Waals surface area contributed by atoms with Gasteiger partial charge in [-0.15, -0.1) is 0 Å². The second-order valence-electron chi connectivity index (χ2n) is 6.28. The Morgan fingerprint density at radius 2 is 1.93 bits per heavy atom. The maximum Gasteiger partial charge on any atom is 0.394 e. The van der Waals surface area contributed by atoms with Gasteiger partial charge in [-0.1, -0.05) is 19.9 Å². The molecule has 0 radical (unpaired) electrons. The summed E-state index contributed by atoms with van der Waals surface area (Å²) in [6.07, 6.45) is 2.30. The van der Waals surface area contributed by atoms with Crippen LogP contribution in [0.1, 0.15) is 39.2 Å². The number of rotatable bonds is 10. The molecule has 0 bridgehead atoms. The van der Waals surface area contributed by atoms with E-state index in [9.17, 15) is 8.78 Å². The Bertz CT molecular complexity index is 787. The third kappa shape index (κ3) is 6.20. The number of allylic oxidation sites excluding steroid dienone is 2. The first-order chi connectivity index (χ1) is 13.4. The van der Waals surface area contributed by atoms with E-state index in [0.29, 0.717) is 25.0 Å². The number of ether oxygens (including phenoxy) is 1. The van der Waals surface area contributed by atoms with Crippen molar-refractivity contribution in [2.45, 2.75) is 39.7 Å². The largest absolute Gasteiger partial charge is 0.433 e. The first-order valence-corrected chi connectivity index (χ1v) is 9.35. The highest BCUT2D eigenvalue weighted by molar-refractivity contribution is 5.85. The zero-order valence-corrected chi connectivity index (χ0v) is 16.4. The number of nitrogens with zero attached hydrogens (tertiary/aromatic N) is 1. The fourth-order valence-corrected chi connectivity index (χ4v) is 2.84. The lowest BCUT2D eigenvalue weighted by Crippen LogP contribution is -2.18. The van der Waals surface area contributed by atoms with Crippen molar-refractivity contribution in [2.75, 3.05) is 23.8 Å². The molecule has 0 aliphatic heterocycles. The van der Waals surface area contributed by atoms with E-state index in [0.717, 1.165) is 29.7 Å². The summed E-state index contributed by atoms with van der Waals surface area (Å²) in [4.78, 5) is 4.47. The smallest absolute Gasteiger partial charge is 0.394 e. The van der Waals surface area contributed by atoms with Gasteiger partial charge >= 0.3 is 6.11 Å². The first kappa shape index (κ1) is 21.6. The van der Waals surface area contributed by atoms with Crippen LogP contribution < -0.4 is 15.4 Å². The molecule has 0 amide bonds. The minimum Gasteiger partial charge on any atom is -0.433 e. The van der Waals surface area contributed by atoms with Gasteiger partial charge < -0.3 is 20.5 Å². The molecule has 3 N–H and O–H groups in total. The zero-order chi connectivity index (χ0) is 20.6. The lowest BCUT2D eigenvalue weighted by molar-refractivity contribution is -0.158. The van der Waals surface area contributed by atoms with E-state index in [-0.39, 0.29) is 12.4 Å². The molecule has 0 atom stereocenters. The molecule has 0 spiro atoms. The summed E-state index contributed by atoms with van der Waals surface area (Å²) in [7, 11) is 0. The van der Waals surface area contributed by atoms with Crippen molar-refractivity contribution < 1.29 is 18.6 Å². The Morgan fingerprint density at radius 3 is 2.50 bits per heavy atom. The Morgan fingerprint density at radius 1 is 1.21 bits per heavy atom. The van der Waals surface area contributed by atoms with Crippen LogP contribution in [0.2, 0.25) is 0 Å². The zero-order valence-electron chi connectivity index (χ0n) is 16.4. The van der Waals surface area contributed by atoms with E-state index < -0.39 is 6.11 Å². The Hall–Kier alpha value is -2.67. The number of aromatic nitrogens is 1. The van der Waals surface area contributed by atoms with Gasteiger partial charge in [0.25, 0.3) is 0 Å². The summed E-state index contributed by atoms with van der Waals surface area (Å²) in [5.41, 5.74) is 3.63. The average molecular weight is 391 g/mol. The number of anilines is 3. The molecule has 0 aliphatic rings. The molecule has 2 rings (SSSR count). The van der Waals surface area contributed by atoms with Gasteiger partial charge in [-0.25, -0.2) is 4.98 Å². The normalized spacial score (nSPS) is 12.0. The van der Waals surface area contributed by atoms with Gasteiger partial charge in [0.05, 0.1) is 6.61 Å². The summed E-state index contributed by atoms with van der Waals surface area (Å²) in [6.45, 7) is 5.30. The molecule has 0 unspecified atom stereocenters. The van der Waals surface area contributed by atoms with Crippen molar-refractivity contribution in [1.82, 2.24) is 4.98 Å². The molecule has 0 aliphatic carbocycles. The number of hydrogen-bond acceptors (Lipinski definition) is 5. The number of halogens is 2. The topological polar surface area (TPSA) is 66.4 Å². The van der Waals surface area contributed by atoms with Crippen molar-refractivity contribution in [3.05, 3.63) is 48.2 Å². The van der Waals surface area contributed by atoms with Gasteiger partial charge in [-0.2, -0.15) is 8.78 Å². The second-order valence-corrected chi connectivity index (χ2v) is 6.28. The molecule has 0 saturated carbocycles. The van der Waals surface area contributed by atoms with E-state index in [4.69, 9.17) is 5.11 Å². The molecule has 2 aromatic rings. The third-order valence-corrected chi connectivity index (χ3v) is 3.94. The Balaban J connectivity index is 2.35. The fraction of sp³-hybridized carbons (Fsp3) is 0.381. The van der Waals surface area contributed by atoms with Gasteiger partial charge in [0.2, 0.25) is 0 Å². The van der Waals surface area contributed by atoms with E-state index in [1.54, 1.807) is 18.3 Å². The van der Waals surface area contributed by atoms with Crippen molar-refractivity contribution in [3.8, 4) is 5.75 Å². The summed E-state index contributed by atoms with van der Waals surface area (Å²) in [6, 6.07) is 8.16. The van der Waals surface area contributed by atoms with Crippen LogP contribution >= 0.6 is 0 Å². The molecule has 0 saturated heterocycles. The van der Waals surface area contributed by atoms with Gasteiger partial charge in [-0.3, -0.25) is 0 Å². The van der Waals surface area contributed by atoms with Crippen LogP contribution in [-0.4, -0.2) is 29.4 Å². The van der Waals surface area contributed by atoms with Crippen LogP contribution in [0.3, 0.4) is 0 Å². The van der Waals surface area contributed by atoms with Crippen LogP contribution in [-0.2, 0) is 0 Å². The highest BCUT2D eigenvalue weighted by Gasteiger charge is 2.23. The van der Waals surface area contributed by atoms with Gasteiger partial charge in [0.1, 0.15) is 11.6 Å². The van der Waals surface area contributed by atoms with Crippen molar-refractivity contribution in [1.29, 1.82) is 0 Å². The second kappa shape index (κ2) is 10.0. The quantitative estimate of drug-likeness (QED) is 0.504. The minimum absolute atomic E-state index is 0.0208. The average Bonchev–Trinajstić information content (AvgIpc) is 2.65. The molecule has 0 fully saturated rings. The predicted molar refractivity (Wildman–Crippen MR) is 109 cm³/mol. The van der Waals surface area contributed by atoms with Crippen molar-refractivity contribution in [3.63, 3.8) is 0 Å². The molecular weight excluding hydrogens is 364 g/mol. The van der Waals surface area contributed by atoms with Gasteiger partial charge in [-0.05, 0) is 48.7 Å². The van der Waals surface area contributed by atoms with Gasteiger partial charge in [0.15, 0.2) is 0 Å². The molecule has 1 aromatic heterocycles.